The average Bonchev–Trinajstić information content (AvgIpc) is 3.07. The van der Waals surface area contributed by atoms with Crippen LogP contribution in [0.15, 0.2) is 15.0 Å². The standard InChI is InChI=1S/C13H15N5O3S2/c1-2-22-13-18-17-12(23-13)16-10(20)8-6-21-11(14-8)15-9(19)7-4-3-5-7/h6-7H,2-5H2,1H3,(H,14,15,19)(H,16,17,20). The molecular formula is C13H15N5O3S2. The van der Waals surface area contributed by atoms with Crippen molar-refractivity contribution < 1.29 is 14.0 Å². The van der Waals surface area contributed by atoms with Crippen molar-refractivity contribution in [1.29, 1.82) is 0 Å². The smallest absolute Gasteiger partial charge is 0.302 e. The van der Waals surface area contributed by atoms with E-state index in [1.165, 1.54) is 17.6 Å². The average molecular weight is 353 g/mol. The summed E-state index contributed by atoms with van der Waals surface area (Å²) in [5.41, 5.74) is 0.0776. The van der Waals surface area contributed by atoms with Gasteiger partial charge in [-0.15, -0.1) is 10.2 Å². The number of amides is 2. The molecule has 0 saturated heterocycles. The van der Waals surface area contributed by atoms with Gasteiger partial charge in [0.15, 0.2) is 10.0 Å². The van der Waals surface area contributed by atoms with Gasteiger partial charge in [-0.25, -0.2) is 0 Å². The van der Waals surface area contributed by atoms with Crippen LogP contribution in [0.5, 0.6) is 0 Å². The first kappa shape index (κ1) is 15.9. The van der Waals surface area contributed by atoms with Crippen LogP contribution in [0.3, 0.4) is 0 Å². The number of aromatic nitrogens is 3. The van der Waals surface area contributed by atoms with Gasteiger partial charge >= 0.3 is 6.01 Å². The van der Waals surface area contributed by atoms with Gasteiger partial charge in [0.2, 0.25) is 11.0 Å². The highest BCUT2D eigenvalue weighted by Gasteiger charge is 2.26. The summed E-state index contributed by atoms with van der Waals surface area (Å²) in [6.45, 7) is 2.01. The number of rotatable bonds is 6. The predicted molar refractivity (Wildman–Crippen MR) is 86.7 cm³/mol. The van der Waals surface area contributed by atoms with Gasteiger partial charge in [0.25, 0.3) is 5.91 Å². The minimum atomic E-state index is -0.456. The predicted octanol–water partition coefficient (Wildman–Crippen LogP) is 2.63. The van der Waals surface area contributed by atoms with Crippen molar-refractivity contribution in [3.05, 3.63) is 12.0 Å². The second-order valence-electron chi connectivity index (χ2n) is 4.92. The van der Waals surface area contributed by atoms with E-state index in [1.807, 2.05) is 6.92 Å². The van der Waals surface area contributed by atoms with Gasteiger partial charge in [-0.2, -0.15) is 4.98 Å². The Morgan fingerprint density at radius 1 is 1.39 bits per heavy atom. The summed E-state index contributed by atoms with van der Waals surface area (Å²) in [6, 6.07) is 0.0338. The first-order valence-electron chi connectivity index (χ1n) is 7.19. The monoisotopic (exact) mass is 353 g/mol. The maximum atomic E-state index is 12.1. The van der Waals surface area contributed by atoms with Crippen molar-refractivity contribution in [2.75, 3.05) is 16.4 Å². The van der Waals surface area contributed by atoms with E-state index in [-0.39, 0.29) is 23.5 Å². The van der Waals surface area contributed by atoms with Crippen LogP contribution in [0.25, 0.3) is 0 Å². The summed E-state index contributed by atoms with van der Waals surface area (Å²) >= 11 is 2.85. The van der Waals surface area contributed by atoms with Gasteiger partial charge in [-0.05, 0) is 18.6 Å². The van der Waals surface area contributed by atoms with E-state index in [1.54, 1.807) is 11.8 Å². The molecule has 0 radical (unpaired) electrons. The zero-order valence-electron chi connectivity index (χ0n) is 12.4. The Morgan fingerprint density at radius 2 is 2.22 bits per heavy atom. The number of anilines is 2. The van der Waals surface area contributed by atoms with E-state index in [9.17, 15) is 9.59 Å². The van der Waals surface area contributed by atoms with E-state index in [2.05, 4.69) is 25.8 Å². The number of nitrogens with zero attached hydrogens (tertiary/aromatic N) is 3. The molecule has 0 aromatic carbocycles. The third-order valence-electron chi connectivity index (χ3n) is 3.34. The lowest BCUT2D eigenvalue weighted by Gasteiger charge is -2.22. The maximum Gasteiger partial charge on any atom is 0.302 e. The fourth-order valence-corrected chi connectivity index (χ4v) is 3.56. The minimum absolute atomic E-state index is 0.0232. The summed E-state index contributed by atoms with van der Waals surface area (Å²) in [7, 11) is 0. The molecule has 122 valence electrons. The highest BCUT2D eigenvalue weighted by molar-refractivity contribution is 8.01. The van der Waals surface area contributed by atoms with Crippen molar-refractivity contribution in [1.82, 2.24) is 15.2 Å². The molecule has 0 spiro atoms. The molecule has 3 rings (SSSR count). The van der Waals surface area contributed by atoms with Crippen molar-refractivity contribution in [2.24, 2.45) is 5.92 Å². The van der Waals surface area contributed by atoms with Gasteiger partial charge < -0.3 is 4.42 Å². The third kappa shape index (κ3) is 3.88. The number of carbonyl (C=O) groups excluding carboxylic acids is 2. The molecule has 2 N–H and O–H groups in total. The number of hydrogen-bond donors (Lipinski definition) is 2. The molecule has 2 aromatic rings. The van der Waals surface area contributed by atoms with Crippen LogP contribution in [0.1, 0.15) is 36.7 Å². The Balaban J connectivity index is 1.57. The Morgan fingerprint density at radius 3 is 2.91 bits per heavy atom. The maximum absolute atomic E-state index is 12.1. The summed E-state index contributed by atoms with van der Waals surface area (Å²) < 4.78 is 5.90. The summed E-state index contributed by atoms with van der Waals surface area (Å²) in [4.78, 5) is 27.8. The van der Waals surface area contributed by atoms with E-state index >= 15 is 0 Å². The largest absolute Gasteiger partial charge is 0.431 e. The molecule has 1 aliphatic rings. The topological polar surface area (TPSA) is 110 Å². The number of nitrogens with one attached hydrogen (secondary N) is 2. The molecule has 0 bridgehead atoms. The van der Waals surface area contributed by atoms with Gasteiger partial charge in [-0.3, -0.25) is 20.2 Å². The molecule has 2 amide bonds. The van der Waals surface area contributed by atoms with Crippen LogP contribution in [0.4, 0.5) is 11.1 Å². The third-order valence-corrected chi connectivity index (χ3v) is 5.19. The molecule has 10 heteroatoms. The van der Waals surface area contributed by atoms with Crippen molar-refractivity contribution in [2.45, 2.75) is 30.5 Å². The van der Waals surface area contributed by atoms with Gasteiger partial charge in [0.1, 0.15) is 6.26 Å². The molecular weight excluding hydrogens is 338 g/mol. The summed E-state index contributed by atoms with van der Waals surface area (Å²) in [5.74, 6) is 0.336. The fraction of sp³-hybridized carbons (Fsp3) is 0.462. The number of oxazole rings is 1. The van der Waals surface area contributed by atoms with E-state index in [0.29, 0.717) is 5.13 Å². The summed E-state index contributed by atoms with van der Waals surface area (Å²) in [6.07, 6.45) is 4.04. The Labute approximate surface area is 140 Å². The molecule has 0 unspecified atom stereocenters. The van der Waals surface area contributed by atoms with Gasteiger partial charge in [0, 0.05) is 5.92 Å². The first-order chi connectivity index (χ1) is 11.2. The normalized spacial score (nSPS) is 14.3. The molecule has 1 saturated carbocycles. The number of hydrogen-bond acceptors (Lipinski definition) is 8. The molecule has 8 nitrogen and oxygen atoms in total. The SMILES string of the molecule is CCSc1nnc(NC(=O)c2coc(NC(=O)C3CCC3)n2)s1. The van der Waals surface area contributed by atoms with E-state index < -0.39 is 5.91 Å². The van der Waals surface area contributed by atoms with Gasteiger partial charge in [0.05, 0.1) is 0 Å². The summed E-state index contributed by atoms with van der Waals surface area (Å²) in [5, 5.41) is 13.4. The number of thioether (sulfide) groups is 1. The quantitative estimate of drug-likeness (QED) is 0.606. The van der Waals surface area contributed by atoms with Crippen LogP contribution in [0.2, 0.25) is 0 Å². The lowest BCUT2D eigenvalue weighted by Crippen LogP contribution is -2.28. The Kier molecular flexibility index (Phi) is 4.91. The highest BCUT2D eigenvalue weighted by Crippen LogP contribution is 2.28. The van der Waals surface area contributed by atoms with E-state index in [0.717, 1.165) is 29.4 Å². The highest BCUT2D eigenvalue weighted by atomic mass is 32.2. The van der Waals surface area contributed by atoms with Crippen LogP contribution < -0.4 is 10.6 Å². The zero-order chi connectivity index (χ0) is 16.2. The van der Waals surface area contributed by atoms with Crippen LogP contribution in [0, 0.1) is 5.92 Å². The molecule has 0 aliphatic heterocycles. The minimum Gasteiger partial charge on any atom is -0.431 e. The van der Waals surface area contributed by atoms with Crippen molar-refractivity contribution in [3.63, 3.8) is 0 Å². The van der Waals surface area contributed by atoms with Crippen LogP contribution in [-0.2, 0) is 4.79 Å². The zero-order valence-corrected chi connectivity index (χ0v) is 14.0. The fourth-order valence-electron chi connectivity index (χ4n) is 1.92. The molecule has 1 aliphatic carbocycles. The Bertz CT molecular complexity index is 710. The van der Waals surface area contributed by atoms with Gasteiger partial charge in [-0.1, -0.05) is 36.4 Å². The first-order valence-corrected chi connectivity index (χ1v) is 9.00. The van der Waals surface area contributed by atoms with Crippen molar-refractivity contribution in [3.8, 4) is 0 Å². The molecule has 23 heavy (non-hydrogen) atoms. The van der Waals surface area contributed by atoms with Crippen LogP contribution in [-0.4, -0.2) is 32.7 Å². The molecule has 0 atom stereocenters. The lowest BCUT2D eigenvalue weighted by molar-refractivity contribution is -0.122. The lowest BCUT2D eigenvalue weighted by atomic mass is 9.85. The molecule has 2 heterocycles. The van der Waals surface area contributed by atoms with Crippen LogP contribution >= 0.6 is 23.1 Å². The Hall–Kier alpha value is -1.94. The molecule has 2 aromatic heterocycles. The number of carbonyl (C=O) groups is 2. The van der Waals surface area contributed by atoms with Crippen molar-refractivity contribution >= 4 is 46.1 Å². The second-order valence-corrected chi connectivity index (χ2v) is 7.40. The molecule has 1 fully saturated rings. The van der Waals surface area contributed by atoms with E-state index in [4.69, 9.17) is 4.42 Å². The second kappa shape index (κ2) is 7.09.